The molecule has 2 heterocycles. The molecule has 0 spiro atoms. The molecule has 2 unspecified atom stereocenters. The Morgan fingerprint density at radius 1 is 1.12 bits per heavy atom. The van der Waals surface area contributed by atoms with E-state index in [4.69, 9.17) is 9.47 Å². The first-order chi connectivity index (χ1) is 15.7. The summed E-state index contributed by atoms with van der Waals surface area (Å²) in [4.78, 5) is 17.2. The van der Waals surface area contributed by atoms with Gasteiger partial charge in [0.15, 0.2) is 0 Å². The molecule has 6 nitrogen and oxygen atoms in total. The number of carbonyl (C=O) groups excluding carboxylic acids is 1. The molecule has 32 heavy (non-hydrogen) atoms. The summed E-state index contributed by atoms with van der Waals surface area (Å²) in [6.45, 7) is 5.65. The molecule has 0 radical (unpaired) electrons. The van der Waals surface area contributed by atoms with Gasteiger partial charge in [-0.3, -0.25) is 9.69 Å². The van der Waals surface area contributed by atoms with Crippen molar-refractivity contribution in [1.82, 2.24) is 10.2 Å². The van der Waals surface area contributed by atoms with Crippen LogP contribution in [-0.4, -0.2) is 63.9 Å². The molecule has 2 aliphatic heterocycles. The van der Waals surface area contributed by atoms with Gasteiger partial charge in [-0.1, -0.05) is 30.3 Å². The molecule has 2 aliphatic rings. The van der Waals surface area contributed by atoms with Gasteiger partial charge in [0.25, 0.3) is 0 Å². The third-order valence-electron chi connectivity index (χ3n) is 6.36. The topological polar surface area (TPSA) is 54.0 Å². The number of hydrogen-bond donors (Lipinski definition) is 1. The highest BCUT2D eigenvalue weighted by molar-refractivity contribution is 5.78. The minimum Gasteiger partial charge on any atom is -0.491 e. The number of amides is 1. The van der Waals surface area contributed by atoms with Crippen molar-refractivity contribution in [3.05, 3.63) is 59.7 Å². The molecule has 2 bridgehead atoms. The van der Waals surface area contributed by atoms with Crippen LogP contribution in [0, 0.1) is 5.92 Å². The Bertz CT molecular complexity index is 874. The maximum atomic E-state index is 12.5. The van der Waals surface area contributed by atoms with Gasteiger partial charge in [0, 0.05) is 44.5 Å². The first-order valence-corrected chi connectivity index (χ1v) is 11.8. The van der Waals surface area contributed by atoms with Crippen molar-refractivity contribution < 1.29 is 14.3 Å². The van der Waals surface area contributed by atoms with Crippen molar-refractivity contribution in [2.75, 3.05) is 57.9 Å². The van der Waals surface area contributed by atoms with E-state index in [1.54, 1.807) is 0 Å². The number of benzene rings is 2. The summed E-state index contributed by atoms with van der Waals surface area (Å²) < 4.78 is 11.7. The first-order valence-electron chi connectivity index (χ1n) is 11.8. The number of nitrogens with one attached hydrogen (secondary N) is 1. The highest BCUT2D eigenvalue weighted by atomic mass is 16.5. The molecule has 2 aromatic carbocycles. The van der Waals surface area contributed by atoms with Gasteiger partial charge in [-0.25, -0.2) is 0 Å². The number of carbonyl (C=O) groups is 1. The van der Waals surface area contributed by atoms with Gasteiger partial charge in [-0.15, -0.1) is 0 Å². The zero-order valence-electron chi connectivity index (χ0n) is 19.1. The Morgan fingerprint density at radius 3 is 2.88 bits per heavy atom. The van der Waals surface area contributed by atoms with Crippen molar-refractivity contribution >= 4 is 11.6 Å². The van der Waals surface area contributed by atoms with Gasteiger partial charge < -0.3 is 19.7 Å². The monoisotopic (exact) mass is 437 g/mol. The molecule has 1 amide bonds. The molecule has 1 N–H and O–H groups in total. The lowest BCUT2D eigenvalue weighted by Crippen LogP contribution is -2.43. The van der Waals surface area contributed by atoms with E-state index in [1.165, 1.54) is 16.8 Å². The maximum absolute atomic E-state index is 12.5. The SMILES string of the molecule is CN(CCc1ccccc1)c1ccc2c(c1)CN1CCCC(C1)C(=O)NCCOCCO2. The van der Waals surface area contributed by atoms with Crippen molar-refractivity contribution in [2.45, 2.75) is 25.8 Å². The summed E-state index contributed by atoms with van der Waals surface area (Å²) >= 11 is 0. The summed E-state index contributed by atoms with van der Waals surface area (Å²) in [7, 11) is 2.14. The highest BCUT2D eigenvalue weighted by Gasteiger charge is 2.26. The standard InChI is InChI=1S/C26H35N3O3/c1-28(14-11-21-6-3-2-4-7-21)24-9-10-25-23(18-24)20-29-13-5-8-22(19-29)26(30)27-12-15-31-16-17-32-25/h2-4,6-7,9-10,18,22H,5,8,11-17,19-20H2,1H3,(H,27,30). The second kappa shape index (κ2) is 11.3. The summed E-state index contributed by atoms with van der Waals surface area (Å²) in [6.07, 6.45) is 3.00. The molecule has 2 atom stereocenters. The highest BCUT2D eigenvalue weighted by Crippen LogP contribution is 2.28. The fourth-order valence-electron chi connectivity index (χ4n) is 4.50. The van der Waals surface area contributed by atoms with Gasteiger partial charge in [0.2, 0.25) is 5.91 Å². The minimum absolute atomic E-state index is 0.0489. The van der Waals surface area contributed by atoms with Crippen LogP contribution in [-0.2, 0) is 22.5 Å². The number of hydrogen-bond acceptors (Lipinski definition) is 5. The molecule has 0 saturated carbocycles. The van der Waals surface area contributed by atoms with E-state index >= 15 is 0 Å². The van der Waals surface area contributed by atoms with Gasteiger partial charge in [0.05, 0.1) is 19.1 Å². The molecule has 1 fully saturated rings. The quantitative estimate of drug-likeness (QED) is 0.797. The number of likely N-dealkylation sites (N-methyl/N-ethyl adjacent to an activating group) is 1. The first kappa shape index (κ1) is 22.6. The average Bonchev–Trinajstić information content (AvgIpc) is 2.83. The fraction of sp³-hybridized carbons (Fsp3) is 0.500. The van der Waals surface area contributed by atoms with Crippen molar-refractivity contribution in [3.8, 4) is 5.75 Å². The van der Waals surface area contributed by atoms with E-state index in [1.807, 2.05) is 0 Å². The molecule has 0 aromatic heterocycles. The van der Waals surface area contributed by atoms with E-state index in [-0.39, 0.29) is 11.8 Å². The molecular formula is C26H35N3O3. The predicted molar refractivity (Wildman–Crippen MR) is 127 cm³/mol. The van der Waals surface area contributed by atoms with E-state index in [0.29, 0.717) is 26.4 Å². The lowest BCUT2D eigenvalue weighted by atomic mass is 9.96. The minimum atomic E-state index is 0.0489. The Morgan fingerprint density at radius 2 is 2.00 bits per heavy atom. The summed E-state index contributed by atoms with van der Waals surface area (Å²) in [5.41, 5.74) is 3.71. The van der Waals surface area contributed by atoms with Crippen molar-refractivity contribution in [3.63, 3.8) is 0 Å². The van der Waals surface area contributed by atoms with Crippen LogP contribution in [0.15, 0.2) is 48.5 Å². The average molecular weight is 438 g/mol. The number of ether oxygens (including phenoxy) is 2. The van der Waals surface area contributed by atoms with Crippen LogP contribution in [0.4, 0.5) is 5.69 Å². The van der Waals surface area contributed by atoms with Crippen LogP contribution in [0.1, 0.15) is 24.0 Å². The van der Waals surface area contributed by atoms with Gasteiger partial charge >= 0.3 is 0 Å². The van der Waals surface area contributed by atoms with Gasteiger partial charge in [-0.05, 0) is 49.6 Å². The third kappa shape index (κ3) is 6.24. The summed E-state index contributed by atoms with van der Waals surface area (Å²) in [5.74, 6) is 1.12. The lowest BCUT2D eigenvalue weighted by Gasteiger charge is -2.33. The fourth-order valence-corrected chi connectivity index (χ4v) is 4.50. The van der Waals surface area contributed by atoms with Crippen LogP contribution < -0.4 is 15.0 Å². The van der Waals surface area contributed by atoms with Crippen LogP contribution in [0.3, 0.4) is 0 Å². The number of piperidine rings is 1. The van der Waals surface area contributed by atoms with Crippen LogP contribution in [0.5, 0.6) is 5.75 Å². The number of anilines is 1. The lowest BCUT2D eigenvalue weighted by molar-refractivity contribution is -0.127. The van der Waals surface area contributed by atoms with Gasteiger partial charge in [0.1, 0.15) is 12.4 Å². The zero-order valence-corrected chi connectivity index (χ0v) is 19.1. The van der Waals surface area contributed by atoms with E-state index in [9.17, 15) is 4.79 Å². The maximum Gasteiger partial charge on any atom is 0.224 e. The molecular weight excluding hydrogens is 402 g/mol. The van der Waals surface area contributed by atoms with Gasteiger partial charge in [-0.2, -0.15) is 0 Å². The van der Waals surface area contributed by atoms with E-state index < -0.39 is 0 Å². The zero-order chi connectivity index (χ0) is 22.2. The Kier molecular flexibility index (Phi) is 8.02. The third-order valence-corrected chi connectivity index (χ3v) is 6.36. The van der Waals surface area contributed by atoms with Crippen molar-refractivity contribution in [2.24, 2.45) is 5.92 Å². The summed E-state index contributed by atoms with van der Waals surface area (Å²) in [5, 5.41) is 3.02. The number of nitrogens with zero attached hydrogens (tertiary/aromatic N) is 2. The van der Waals surface area contributed by atoms with Crippen LogP contribution >= 0.6 is 0 Å². The smallest absolute Gasteiger partial charge is 0.224 e. The molecule has 2 aromatic rings. The van der Waals surface area contributed by atoms with Crippen LogP contribution in [0.25, 0.3) is 0 Å². The van der Waals surface area contributed by atoms with E-state index in [2.05, 4.69) is 70.7 Å². The normalized spacial score (nSPS) is 22.1. The summed E-state index contributed by atoms with van der Waals surface area (Å²) in [6, 6.07) is 17.1. The molecule has 4 rings (SSSR count). The second-order valence-corrected chi connectivity index (χ2v) is 8.78. The Balaban J connectivity index is 1.49. The molecule has 1 saturated heterocycles. The molecule has 6 heteroatoms. The van der Waals surface area contributed by atoms with Crippen LogP contribution in [0.2, 0.25) is 0 Å². The number of rotatable bonds is 4. The van der Waals surface area contributed by atoms with Crippen molar-refractivity contribution in [1.29, 1.82) is 0 Å². The molecule has 0 aliphatic carbocycles. The Labute approximate surface area is 191 Å². The Hall–Kier alpha value is -2.57. The molecule has 172 valence electrons. The second-order valence-electron chi connectivity index (χ2n) is 8.78. The van der Waals surface area contributed by atoms with E-state index in [0.717, 1.165) is 51.2 Å². The predicted octanol–water partition coefficient (Wildman–Crippen LogP) is 3.10. The largest absolute Gasteiger partial charge is 0.491 e. The number of fused-ring (bicyclic) bond motifs is 3.